The average Bonchev–Trinajstić information content (AvgIpc) is 3.02. The molecule has 0 unspecified atom stereocenters. The minimum absolute atomic E-state index is 0.0966. The van der Waals surface area contributed by atoms with Crippen molar-refractivity contribution in [3.8, 4) is 0 Å². The lowest BCUT2D eigenvalue weighted by atomic mass is 9.85. The number of Topliss-reactive ketones (excluding diaryl/α,β-unsaturated/α-hetero) is 1. The van der Waals surface area contributed by atoms with Crippen LogP contribution in [0, 0.1) is 17.8 Å². The summed E-state index contributed by atoms with van der Waals surface area (Å²) in [6.45, 7) is 9.43. The standard InChI is InChI=1S/C34H50N4O8/c1-19-14-24-29(37-18-23-10-12-36-13-11-23)26(39)17-25(31(24)41)38-33(42)20(2)8-7-9-27(44-5)32(46-34(35)43)22(4)16-21(3)30(40)28(15-19)45-6/h7-9,16-17,19,21,23,27-28,30,32,36-37,40H,10-15,18H2,1-6H3,(H2,35,43)(H,38,42)/b9-7+,20-8-,22-16+/t19-,21+,27-,28+,30-,32+/m1/s1. The van der Waals surface area contributed by atoms with E-state index in [2.05, 4.69) is 16.0 Å². The van der Waals surface area contributed by atoms with Crippen LogP contribution in [0.5, 0.6) is 0 Å². The third kappa shape index (κ3) is 9.96. The Balaban J connectivity index is 2.03. The predicted molar refractivity (Wildman–Crippen MR) is 173 cm³/mol. The number of primary amides is 1. The Kier molecular flexibility index (Phi) is 13.9. The Bertz CT molecular complexity index is 1290. The molecule has 1 saturated heterocycles. The van der Waals surface area contributed by atoms with Gasteiger partial charge in [-0.25, -0.2) is 4.79 Å². The van der Waals surface area contributed by atoms with Crippen molar-refractivity contribution in [2.24, 2.45) is 23.5 Å². The molecule has 0 radical (unpaired) electrons. The molecule has 12 heteroatoms. The van der Waals surface area contributed by atoms with Crippen LogP contribution in [0.4, 0.5) is 4.79 Å². The summed E-state index contributed by atoms with van der Waals surface area (Å²) >= 11 is 0. The van der Waals surface area contributed by atoms with E-state index in [0.29, 0.717) is 30.0 Å². The zero-order valence-electron chi connectivity index (χ0n) is 27.8. The van der Waals surface area contributed by atoms with Crippen LogP contribution in [0.3, 0.4) is 0 Å². The van der Waals surface area contributed by atoms with Gasteiger partial charge in [0, 0.05) is 43.9 Å². The second kappa shape index (κ2) is 17.4. The number of ether oxygens (including phenoxy) is 3. The average molecular weight is 643 g/mol. The number of amides is 2. The van der Waals surface area contributed by atoms with Gasteiger partial charge < -0.3 is 41.0 Å². The fourth-order valence-electron chi connectivity index (χ4n) is 6.11. The Labute approximate surface area is 271 Å². The highest BCUT2D eigenvalue weighted by Crippen LogP contribution is 2.29. The molecule has 0 aromatic heterocycles. The van der Waals surface area contributed by atoms with Gasteiger partial charge in [-0.1, -0.05) is 38.2 Å². The molecule has 46 heavy (non-hydrogen) atoms. The summed E-state index contributed by atoms with van der Waals surface area (Å²) in [5.74, 6) is -1.62. The van der Waals surface area contributed by atoms with Gasteiger partial charge in [-0.05, 0) is 70.0 Å². The van der Waals surface area contributed by atoms with E-state index in [9.17, 15) is 24.3 Å². The maximum Gasteiger partial charge on any atom is 0.405 e. The van der Waals surface area contributed by atoms with Crippen molar-refractivity contribution in [2.75, 3.05) is 33.9 Å². The minimum Gasteiger partial charge on any atom is -0.439 e. The van der Waals surface area contributed by atoms with Crippen LogP contribution < -0.4 is 21.7 Å². The number of carbonyl (C=O) groups excluding carboxylic acids is 4. The SMILES string of the molecule is CO[C@H]1C[C@H](C)CC2=C(NCC3CCNCC3)C(=O)C=C(NC(=O)/C(C)=C\C=C\[C@@H](OC)[C@@H](OC(N)=O)/C(C)=C/[C@H](C)[C@H]1O)C2=O. The van der Waals surface area contributed by atoms with E-state index in [4.69, 9.17) is 19.9 Å². The second-order valence-corrected chi connectivity index (χ2v) is 12.5. The third-order valence-corrected chi connectivity index (χ3v) is 8.82. The van der Waals surface area contributed by atoms with Crippen molar-refractivity contribution in [1.29, 1.82) is 0 Å². The van der Waals surface area contributed by atoms with E-state index in [1.54, 1.807) is 32.1 Å². The second-order valence-electron chi connectivity index (χ2n) is 12.5. The smallest absolute Gasteiger partial charge is 0.405 e. The Hall–Kier alpha value is -3.58. The van der Waals surface area contributed by atoms with E-state index in [0.717, 1.165) is 25.9 Å². The molecular weight excluding hydrogens is 592 g/mol. The van der Waals surface area contributed by atoms with E-state index in [1.807, 2.05) is 13.8 Å². The van der Waals surface area contributed by atoms with Crippen LogP contribution >= 0.6 is 0 Å². The van der Waals surface area contributed by atoms with Gasteiger partial charge in [0.1, 0.15) is 6.10 Å². The number of ketones is 2. The molecule has 3 rings (SSSR count). The maximum atomic E-state index is 13.8. The molecule has 6 atom stereocenters. The number of nitrogens with one attached hydrogen (secondary N) is 3. The highest BCUT2D eigenvalue weighted by Gasteiger charge is 2.34. The van der Waals surface area contributed by atoms with Crippen molar-refractivity contribution in [2.45, 2.75) is 77.8 Å². The number of allylic oxidation sites excluding steroid dienone is 4. The van der Waals surface area contributed by atoms with Crippen LogP contribution in [-0.4, -0.2) is 86.9 Å². The van der Waals surface area contributed by atoms with E-state index in [1.165, 1.54) is 26.4 Å². The van der Waals surface area contributed by atoms with Crippen LogP contribution in [-0.2, 0) is 28.6 Å². The number of methoxy groups -OCH3 is 2. The van der Waals surface area contributed by atoms with Gasteiger partial charge in [-0.15, -0.1) is 0 Å². The van der Waals surface area contributed by atoms with Gasteiger partial charge >= 0.3 is 6.09 Å². The molecule has 0 spiro atoms. The summed E-state index contributed by atoms with van der Waals surface area (Å²) in [5, 5.41) is 20.6. The Morgan fingerprint density at radius 3 is 2.43 bits per heavy atom. The molecule has 0 aromatic carbocycles. The number of aliphatic hydroxyl groups excluding tert-OH is 1. The zero-order valence-corrected chi connectivity index (χ0v) is 27.8. The minimum atomic E-state index is -0.994. The van der Waals surface area contributed by atoms with Crippen molar-refractivity contribution >= 4 is 23.6 Å². The van der Waals surface area contributed by atoms with Crippen molar-refractivity contribution in [3.63, 3.8) is 0 Å². The highest BCUT2D eigenvalue weighted by atomic mass is 16.6. The molecule has 2 aliphatic heterocycles. The number of carbonyl (C=O) groups is 4. The molecule has 254 valence electrons. The molecule has 1 fully saturated rings. The molecule has 0 saturated carbocycles. The zero-order chi connectivity index (χ0) is 34.0. The summed E-state index contributed by atoms with van der Waals surface area (Å²) in [4.78, 5) is 52.2. The monoisotopic (exact) mass is 642 g/mol. The summed E-state index contributed by atoms with van der Waals surface area (Å²) in [6, 6.07) is 0. The van der Waals surface area contributed by atoms with Crippen LogP contribution in [0.15, 0.2) is 58.5 Å². The molecule has 3 aliphatic rings. The topological polar surface area (TPSA) is 178 Å². The molecule has 0 aromatic rings. The fraction of sp³-hybridized carbons (Fsp3) is 0.588. The molecule has 6 N–H and O–H groups in total. The molecular formula is C34H50N4O8. The van der Waals surface area contributed by atoms with Gasteiger partial charge in [0.25, 0.3) is 5.91 Å². The van der Waals surface area contributed by atoms with Crippen LogP contribution in [0.25, 0.3) is 0 Å². The van der Waals surface area contributed by atoms with Crippen molar-refractivity contribution in [3.05, 3.63) is 58.5 Å². The maximum absolute atomic E-state index is 13.8. The Morgan fingerprint density at radius 2 is 1.80 bits per heavy atom. The van der Waals surface area contributed by atoms with E-state index >= 15 is 0 Å². The predicted octanol–water partition coefficient (Wildman–Crippen LogP) is 2.35. The first kappa shape index (κ1) is 36.9. The molecule has 1 aliphatic carbocycles. The van der Waals surface area contributed by atoms with E-state index < -0.39 is 48.1 Å². The third-order valence-electron chi connectivity index (χ3n) is 8.82. The van der Waals surface area contributed by atoms with Crippen molar-refractivity contribution in [1.82, 2.24) is 16.0 Å². The quantitative estimate of drug-likeness (QED) is 0.213. The number of rotatable bonds is 6. The lowest BCUT2D eigenvalue weighted by Gasteiger charge is -2.30. The first-order valence-corrected chi connectivity index (χ1v) is 15.9. The molecule has 2 bridgehead atoms. The number of hydrogen-bond donors (Lipinski definition) is 5. The number of aliphatic hydroxyl groups is 1. The summed E-state index contributed by atoms with van der Waals surface area (Å²) in [7, 11) is 2.95. The van der Waals surface area contributed by atoms with Crippen LogP contribution in [0.1, 0.15) is 53.4 Å². The highest BCUT2D eigenvalue weighted by molar-refractivity contribution is 6.23. The fourth-order valence-corrected chi connectivity index (χ4v) is 6.11. The lowest BCUT2D eigenvalue weighted by molar-refractivity contribution is -0.120. The lowest BCUT2D eigenvalue weighted by Crippen LogP contribution is -2.39. The normalized spacial score (nSPS) is 32.4. The van der Waals surface area contributed by atoms with Crippen LogP contribution in [0.2, 0.25) is 0 Å². The first-order valence-electron chi connectivity index (χ1n) is 15.9. The van der Waals surface area contributed by atoms with Crippen molar-refractivity contribution < 1.29 is 38.5 Å². The summed E-state index contributed by atoms with van der Waals surface area (Å²) in [6.07, 6.45) is 5.93. The Morgan fingerprint density at radius 1 is 1.11 bits per heavy atom. The summed E-state index contributed by atoms with van der Waals surface area (Å²) < 4.78 is 16.7. The van der Waals surface area contributed by atoms with Gasteiger partial charge in [0.05, 0.1) is 23.6 Å². The molecule has 2 amide bonds. The van der Waals surface area contributed by atoms with E-state index in [-0.39, 0.29) is 35.1 Å². The van der Waals surface area contributed by atoms with Gasteiger partial charge in [-0.2, -0.15) is 0 Å². The number of piperidine rings is 1. The molecule has 2 heterocycles. The number of hydrogen-bond acceptors (Lipinski definition) is 10. The summed E-state index contributed by atoms with van der Waals surface area (Å²) in [5.41, 5.74) is 6.68. The number of fused-ring (bicyclic) bond motifs is 2. The molecule has 12 nitrogen and oxygen atoms in total. The largest absolute Gasteiger partial charge is 0.439 e. The first-order chi connectivity index (χ1) is 21.9. The van der Waals surface area contributed by atoms with Gasteiger partial charge in [-0.3, -0.25) is 14.4 Å². The van der Waals surface area contributed by atoms with Gasteiger partial charge in [0.15, 0.2) is 6.10 Å². The number of nitrogens with two attached hydrogens (primary N) is 1. The van der Waals surface area contributed by atoms with Gasteiger partial charge in [0.2, 0.25) is 11.6 Å².